The molecule has 2 rings (SSSR count). The highest BCUT2D eigenvalue weighted by Crippen LogP contribution is 2.22. The first kappa shape index (κ1) is 9.95. The van der Waals surface area contributed by atoms with Crippen LogP contribution in [0.4, 0.5) is 0 Å². The van der Waals surface area contributed by atoms with Gasteiger partial charge in [0.1, 0.15) is 9.71 Å². The van der Waals surface area contributed by atoms with Crippen molar-refractivity contribution in [3.05, 3.63) is 29.3 Å². The predicted molar refractivity (Wildman–Crippen MR) is 53.8 cm³/mol. The Morgan fingerprint density at radius 2 is 2.31 bits per heavy atom. The van der Waals surface area contributed by atoms with E-state index in [4.69, 9.17) is 5.11 Å². The van der Waals surface area contributed by atoms with E-state index in [0.717, 1.165) is 10.2 Å². The Labute approximate surface area is 84.4 Å². The number of carboxylic acid groups (broad SMARTS) is 1. The fourth-order valence-electron chi connectivity index (χ4n) is 0.979. The van der Waals surface area contributed by atoms with Crippen LogP contribution in [0.2, 0.25) is 0 Å². The van der Waals surface area contributed by atoms with Crippen LogP contribution in [0.25, 0.3) is 10.2 Å². The van der Waals surface area contributed by atoms with Gasteiger partial charge in [-0.15, -0.1) is 23.7 Å². The van der Waals surface area contributed by atoms with Crippen LogP contribution in [-0.2, 0) is 0 Å². The van der Waals surface area contributed by atoms with Crippen molar-refractivity contribution in [3.8, 4) is 0 Å². The van der Waals surface area contributed by atoms with E-state index >= 15 is 0 Å². The summed E-state index contributed by atoms with van der Waals surface area (Å²) in [4.78, 5) is 15.7. The van der Waals surface area contributed by atoms with Crippen molar-refractivity contribution in [1.82, 2.24) is 4.98 Å². The molecule has 0 amide bonds. The first-order valence-corrected chi connectivity index (χ1v) is 4.17. The van der Waals surface area contributed by atoms with E-state index in [-0.39, 0.29) is 12.4 Å². The Morgan fingerprint density at radius 3 is 2.92 bits per heavy atom. The van der Waals surface area contributed by atoms with Crippen molar-refractivity contribution in [1.29, 1.82) is 0 Å². The molecule has 0 fully saturated rings. The number of hydrogen-bond acceptors (Lipinski definition) is 3. The third kappa shape index (κ3) is 1.79. The fraction of sp³-hybridized carbons (Fsp3) is 0. The first-order valence-electron chi connectivity index (χ1n) is 3.35. The molecule has 0 aromatic carbocycles. The number of pyridine rings is 1. The lowest BCUT2D eigenvalue weighted by molar-refractivity contribution is 0.0702. The highest BCUT2D eigenvalue weighted by Gasteiger charge is 2.07. The standard InChI is InChI=1S/C8H5NO2S.ClH/c10-8(11)6-4-5-2-1-3-9-7(5)12-6;/h1-4H,(H,10,11);1H. The lowest BCUT2D eigenvalue weighted by Gasteiger charge is -1.81. The third-order valence-corrected chi connectivity index (χ3v) is 2.55. The number of halogens is 1. The monoisotopic (exact) mass is 215 g/mol. The minimum atomic E-state index is -0.891. The Bertz CT molecular complexity index is 407. The molecule has 2 aromatic rings. The molecule has 3 nitrogen and oxygen atoms in total. The molecular formula is C8H6ClNO2S. The second-order valence-electron chi connectivity index (χ2n) is 2.31. The summed E-state index contributed by atoms with van der Waals surface area (Å²) in [6.45, 7) is 0. The summed E-state index contributed by atoms with van der Waals surface area (Å²) >= 11 is 1.19. The number of fused-ring (bicyclic) bond motifs is 1. The van der Waals surface area contributed by atoms with Crippen LogP contribution >= 0.6 is 23.7 Å². The van der Waals surface area contributed by atoms with E-state index in [1.807, 2.05) is 6.07 Å². The highest BCUT2D eigenvalue weighted by atomic mass is 35.5. The quantitative estimate of drug-likeness (QED) is 0.795. The van der Waals surface area contributed by atoms with Crippen molar-refractivity contribution < 1.29 is 9.90 Å². The maximum absolute atomic E-state index is 10.6. The molecule has 0 atom stereocenters. The summed E-state index contributed by atoms with van der Waals surface area (Å²) in [7, 11) is 0. The van der Waals surface area contributed by atoms with Gasteiger partial charge in [-0.1, -0.05) is 6.07 Å². The van der Waals surface area contributed by atoms with E-state index < -0.39 is 5.97 Å². The lowest BCUT2D eigenvalue weighted by atomic mass is 10.3. The first-order chi connectivity index (χ1) is 5.77. The molecule has 5 heteroatoms. The van der Waals surface area contributed by atoms with Gasteiger partial charge in [0.15, 0.2) is 0 Å². The van der Waals surface area contributed by atoms with Crippen LogP contribution in [0.1, 0.15) is 9.67 Å². The zero-order valence-corrected chi connectivity index (χ0v) is 8.06. The molecule has 0 saturated carbocycles. The SMILES string of the molecule is Cl.O=C(O)c1cc2cccnc2s1. The zero-order valence-electron chi connectivity index (χ0n) is 6.43. The molecule has 0 unspecified atom stereocenters. The molecule has 68 valence electrons. The average Bonchev–Trinajstić information content (AvgIpc) is 2.46. The Kier molecular flexibility index (Phi) is 2.85. The molecule has 1 N–H and O–H groups in total. The molecule has 0 aliphatic rings. The molecule has 0 aliphatic carbocycles. The summed E-state index contributed by atoms with van der Waals surface area (Å²) in [6.07, 6.45) is 1.66. The number of aromatic nitrogens is 1. The summed E-state index contributed by atoms with van der Waals surface area (Å²) in [6, 6.07) is 5.28. The molecular weight excluding hydrogens is 210 g/mol. The summed E-state index contributed by atoms with van der Waals surface area (Å²) in [5, 5.41) is 9.56. The normalized spacial score (nSPS) is 9.54. The van der Waals surface area contributed by atoms with Crippen LogP contribution in [0.15, 0.2) is 24.4 Å². The summed E-state index contributed by atoms with van der Waals surface area (Å²) in [5.41, 5.74) is 0. The maximum atomic E-state index is 10.6. The number of aromatic carboxylic acids is 1. The molecule has 0 saturated heterocycles. The lowest BCUT2D eigenvalue weighted by Crippen LogP contribution is -1.89. The molecule has 13 heavy (non-hydrogen) atoms. The molecule has 0 bridgehead atoms. The van der Waals surface area contributed by atoms with E-state index in [1.165, 1.54) is 11.3 Å². The van der Waals surface area contributed by atoms with E-state index in [0.29, 0.717) is 4.88 Å². The molecule has 0 aliphatic heterocycles. The maximum Gasteiger partial charge on any atom is 0.345 e. The topological polar surface area (TPSA) is 50.2 Å². The van der Waals surface area contributed by atoms with Crippen molar-refractivity contribution in [2.24, 2.45) is 0 Å². The van der Waals surface area contributed by atoms with E-state index in [1.54, 1.807) is 18.3 Å². The molecule has 0 radical (unpaired) electrons. The average molecular weight is 216 g/mol. The molecule has 2 heterocycles. The zero-order chi connectivity index (χ0) is 8.55. The van der Waals surface area contributed by atoms with Crippen LogP contribution in [-0.4, -0.2) is 16.1 Å². The van der Waals surface area contributed by atoms with Crippen molar-refractivity contribution in [3.63, 3.8) is 0 Å². The Morgan fingerprint density at radius 1 is 1.54 bits per heavy atom. The summed E-state index contributed by atoms with van der Waals surface area (Å²) in [5.74, 6) is -0.891. The van der Waals surface area contributed by atoms with E-state index in [2.05, 4.69) is 4.98 Å². The van der Waals surface area contributed by atoms with Crippen LogP contribution < -0.4 is 0 Å². The van der Waals surface area contributed by atoms with Gasteiger partial charge in [0.05, 0.1) is 0 Å². The van der Waals surface area contributed by atoms with Gasteiger partial charge < -0.3 is 5.11 Å². The number of rotatable bonds is 1. The second-order valence-corrected chi connectivity index (χ2v) is 3.34. The molecule has 2 aromatic heterocycles. The van der Waals surface area contributed by atoms with Crippen molar-refractivity contribution in [2.45, 2.75) is 0 Å². The van der Waals surface area contributed by atoms with E-state index in [9.17, 15) is 4.79 Å². The summed E-state index contributed by atoms with van der Waals surface area (Å²) < 4.78 is 0. The van der Waals surface area contributed by atoms with Crippen LogP contribution in [0.3, 0.4) is 0 Å². The van der Waals surface area contributed by atoms with Crippen LogP contribution in [0.5, 0.6) is 0 Å². The van der Waals surface area contributed by atoms with Crippen molar-refractivity contribution >= 4 is 39.9 Å². The smallest absolute Gasteiger partial charge is 0.345 e. The van der Waals surface area contributed by atoms with Gasteiger partial charge in [-0.25, -0.2) is 9.78 Å². The van der Waals surface area contributed by atoms with Gasteiger partial charge in [-0.2, -0.15) is 0 Å². The van der Waals surface area contributed by atoms with Gasteiger partial charge in [0.2, 0.25) is 0 Å². The van der Waals surface area contributed by atoms with Gasteiger partial charge in [0.25, 0.3) is 0 Å². The fourth-order valence-corrected chi connectivity index (χ4v) is 1.82. The number of hydrogen-bond donors (Lipinski definition) is 1. The third-order valence-electron chi connectivity index (χ3n) is 1.50. The Hall–Kier alpha value is -1.13. The Balaban J connectivity index is 0.000000845. The van der Waals surface area contributed by atoms with Gasteiger partial charge in [-0.3, -0.25) is 0 Å². The van der Waals surface area contributed by atoms with Crippen molar-refractivity contribution in [2.75, 3.05) is 0 Å². The van der Waals surface area contributed by atoms with Gasteiger partial charge in [-0.05, 0) is 12.1 Å². The largest absolute Gasteiger partial charge is 0.477 e. The number of thiophene rings is 1. The van der Waals surface area contributed by atoms with Gasteiger partial charge >= 0.3 is 5.97 Å². The second kappa shape index (κ2) is 3.72. The van der Waals surface area contributed by atoms with Crippen LogP contribution in [0, 0.1) is 0 Å². The number of carboxylic acids is 1. The molecule has 0 spiro atoms. The van der Waals surface area contributed by atoms with Gasteiger partial charge in [0, 0.05) is 11.6 Å². The number of carbonyl (C=O) groups is 1. The highest BCUT2D eigenvalue weighted by molar-refractivity contribution is 7.20. The minimum absolute atomic E-state index is 0. The minimum Gasteiger partial charge on any atom is -0.477 e. The predicted octanol–water partition coefficient (Wildman–Crippen LogP) is 2.42. The number of nitrogens with zero attached hydrogens (tertiary/aromatic N) is 1.